The number of alkyl halides is 2. The van der Waals surface area contributed by atoms with Crippen LogP contribution >= 0.6 is 0 Å². The van der Waals surface area contributed by atoms with Crippen LogP contribution in [-0.2, 0) is 9.53 Å². The molecule has 2 heterocycles. The van der Waals surface area contributed by atoms with E-state index < -0.39 is 11.8 Å². The lowest BCUT2D eigenvalue weighted by molar-refractivity contribution is -0.145. The predicted molar refractivity (Wildman–Crippen MR) is 103 cm³/mol. The minimum atomic E-state index is -2.71. The number of amides is 1. The van der Waals surface area contributed by atoms with E-state index in [-0.39, 0.29) is 18.7 Å². The molecule has 2 aromatic rings. The zero-order valence-corrected chi connectivity index (χ0v) is 16.0. The number of carbonyl (C=O) groups is 1. The number of benzene rings is 1. The third kappa shape index (κ3) is 4.61. The van der Waals surface area contributed by atoms with Crippen LogP contribution in [0.1, 0.15) is 18.4 Å². The molecule has 1 N–H and O–H groups in total. The fourth-order valence-corrected chi connectivity index (χ4v) is 3.35. The van der Waals surface area contributed by atoms with Gasteiger partial charge in [0.25, 0.3) is 0 Å². The first-order valence-electron chi connectivity index (χ1n) is 9.52. The summed E-state index contributed by atoms with van der Waals surface area (Å²) in [5, 5.41) is 2.69. The minimum Gasteiger partial charge on any atom is -0.454 e. The van der Waals surface area contributed by atoms with Crippen LogP contribution < -0.4 is 15.0 Å². The first-order valence-corrected chi connectivity index (χ1v) is 9.52. The standard InChI is InChI=1S/C20H22F2N4O3/c1-13-8-15(25-18(27)14-9-20(21,22)10-14)2-3-17(13)29-16-11-23-19(24-12-16)26-4-6-28-7-5-26/h2-3,8,11-12,14H,4-7,9-10H2,1H3,(H,25,27). The van der Waals surface area contributed by atoms with Gasteiger partial charge in [0.1, 0.15) is 5.75 Å². The Morgan fingerprint density at radius 1 is 1.24 bits per heavy atom. The van der Waals surface area contributed by atoms with Crippen molar-refractivity contribution in [2.45, 2.75) is 25.7 Å². The summed E-state index contributed by atoms with van der Waals surface area (Å²) < 4.78 is 37.0. The molecule has 0 bridgehead atoms. The number of carbonyl (C=O) groups excluding carboxylic acids is 1. The topological polar surface area (TPSA) is 76.6 Å². The largest absolute Gasteiger partial charge is 0.454 e. The maximum absolute atomic E-state index is 12.9. The van der Waals surface area contributed by atoms with Crippen molar-refractivity contribution in [2.24, 2.45) is 5.92 Å². The number of rotatable bonds is 5. The Balaban J connectivity index is 1.36. The lowest BCUT2D eigenvalue weighted by atomic mass is 9.81. The van der Waals surface area contributed by atoms with E-state index in [2.05, 4.69) is 15.3 Å². The number of nitrogens with zero attached hydrogens (tertiary/aromatic N) is 3. The molecule has 1 aliphatic carbocycles. The smallest absolute Gasteiger partial charge is 0.249 e. The van der Waals surface area contributed by atoms with Gasteiger partial charge in [-0.15, -0.1) is 0 Å². The van der Waals surface area contributed by atoms with Crippen LogP contribution in [0.4, 0.5) is 20.4 Å². The fraction of sp³-hybridized carbons (Fsp3) is 0.450. The minimum absolute atomic E-state index is 0.379. The molecule has 9 heteroatoms. The van der Waals surface area contributed by atoms with Gasteiger partial charge in [0.2, 0.25) is 17.8 Å². The van der Waals surface area contributed by atoms with Crippen LogP contribution in [0, 0.1) is 12.8 Å². The van der Waals surface area contributed by atoms with Gasteiger partial charge in [-0.1, -0.05) is 0 Å². The quantitative estimate of drug-likeness (QED) is 0.823. The second-order valence-corrected chi connectivity index (χ2v) is 7.35. The third-order valence-electron chi connectivity index (χ3n) is 5.04. The third-order valence-corrected chi connectivity index (χ3v) is 5.04. The van der Waals surface area contributed by atoms with Crippen molar-refractivity contribution in [1.29, 1.82) is 0 Å². The highest BCUT2D eigenvalue weighted by Gasteiger charge is 2.48. The molecule has 2 fully saturated rings. The number of morpholine rings is 1. The normalized spacial score (nSPS) is 18.8. The molecular weight excluding hydrogens is 382 g/mol. The molecule has 0 atom stereocenters. The van der Waals surface area contributed by atoms with Gasteiger partial charge < -0.3 is 19.7 Å². The first kappa shape index (κ1) is 19.5. The molecule has 1 saturated carbocycles. The lowest BCUT2D eigenvalue weighted by Gasteiger charge is -2.33. The monoisotopic (exact) mass is 404 g/mol. The van der Waals surface area contributed by atoms with Crippen LogP contribution in [0.5, 0.6) is 11.5 Å². The van der Waals surface area contributed by atoms with Crippen LogP contribution in [-0.4, -0.2) is 48.1 Å². The van der Waals surface area contributed by atoms with E-state index in [1.165, 1.54) is 0 Å². The number of halogens is 2. The van der Waals surface area contributed by atoms with E-state index in [9.17, 15) is 13.6 Å². The molecule has 1 aromatic carbocycles. The second kappa shape index (κ2) is 7.90. The molecule has 29 heavy (non-hydrogen) atoms. The SMILES string of the molecule is Cc1cc(NC(=O)C2CC(F)(F)C2)ccc1Oc1cnc(N2CCOCC2)nc1. The van der Waals surface area contributed by atoms with Gasteiger partial charge in [-0.25, -0.2) is 18.7 Å². The van der Waals surface area contributed by atoms with Crippen molar-refractivity contribution < 1.29 is 23.0 Å². The number of aryl methyl sites for hydroxylation is 1. The van der Waals surface area contributed by atoms with E-state index in [4.69, 9.17) is 9.47 Å². The van der Waals surface area contributed by atoms with Crippen LogP contribution in [0.3, 0.4) is 0 Å². The molecule has 0 spiro atoms. The maximum Gasteiger partial charge on any atom is 0.249 e. The number of hydrogen-bond donors (Lipinski definition) is 1. The highest BCUT2D eigenvalue weighted by Crippen LogP contribution is 2.42. The van der Waals surface area contributed by atoms with Crippen molar-refractivity contribution in [3.8, 4) is 11.5 Å². The summed E-state index contributed by atoms with van der Waals surface area (Å²) >= 11 is 0. The molecule has 1 saturated heterocycles. The van der Waals surface area contributed by atoms with Crippen LogP contribution in [0.15, 0.2) is 30.6 Å². The molecule has 7 nitrogen and oxygen atoms in total. The number of aromatic nitrogens is 2. The summed E-state index contributed by atoms with van der Waals surface area (Å²) in [6.07, 6.45) is 2.45. The van der Waals surface area contributed by atoms with Gasteiger partial charge in [0.05, 0.1) is 25.6 Å². The van der Waals surface area contributed by atoms with Gasteiger partial charge >= 0.3 is 0 Å². The zero-order chi connectivity index (χ0) is 20.4. The molecule has 4 rings (SSSR count). The Bertz CT molecular complexity index is 878. The molecular formula is C20H22F2N4O3. The summed E-state index contributed by atoms with van der Waals surface area (Å²) in [6, 6.07) is 5.14. The predicted octanol–water partition coefficient (Wildman–Crippen LogP) is 3.40. The Hall–Kier alpha value is -2.81. The van der Waals surface area contributed by atoms with Crippen LogP contribution in [0.2, 0.25) is 0 Å². The Morgan fingerprint density at radius 2 is 1.93 bits per heavy atom. The molecule has 1 aromatic heterocycles. The van der Waals surface area contributed by atoms with Crippen molar-refractivity contribution >= 4 is 17.5 Å². The summed E-state index contributed by atoms with van der Waals surface area (Å²) in [5.74, 6) is -1.99. The van der Waals surface area contributed by atoms with E-state index in [1.807, 2.05) is 11.8 Å². The molecule has 1 amide bonds. The van der Waals surface area contributed by atoms with Gasteiger partial charge in [-0.3, -0.25) is 4.79 Å². The lowest BCUT2D eigenvalue weighted by Crippen LogP contribution is -2.42. The molecule has 2 aliphatic rings. The zero-order valence-electron chi connectivity index (χ0n) is 16.0. The summed E-state index contributed by atoms with van der Waals surface area (Å²) in [7, 11) is 0. The van der Waals surface area contributed by atoms with Crippen molar-refractivity contribution in [3.63, 3.8) is 0 Å². The van der Waals surface area contributed by atoms with Gasteiger partial charge in [0.15, 0.2) is 5.75 Å². The van der Waals surface area contributed by atoms with Gasteiger partial charge in [0, 0.05) is 37.5 Å². The first-order chi connectivity index (χ1) is 13.9. The molecule has 1 aliphatic heterocycles. The van der Waals surface area contributed by atoms with E-state index >= 15 is 0 Å². The Labute approximate surface area is 167 Å². The van der Waals surface area contributed by atoms with Gasteiger partial charge in [-0.2, -0.15) is 0 Å². The molecule has 0 radical (unpaired) electrons. The average molecular weight is 404 g/mol. The van der Waals surface area contributed by atoms with E-state index in [1.54, 1.807) is 30.6 Å². The van der Waals surface area contributed by atoms with Crippen molar-refractivity contribution in [2.75, 3.05) is 36.5 Å². The number of ether oxygens (including phenoxy) is 2. The Kier molecular flexibility index (Phi) is 5.31. The van der Waals surface area contributed by atoms with Crippen LogP contribution in [0.25, 0.3) is 0 Å². The number of hydrogen-bond acceptors (Lipinski definition) is 6. The second-order valence-electron chi connectivity index (χ2n) is 7.35. The van der Waals surface area contributed by atoms with Crippen molar-refractivity contribution in [1.82, 2.24) is 9.97 Å². The number of anilines is 2. The van der Waals surface area contributed by atoms with Crippen molar-refractivity contribution in [3.05, 3.63) is 36.2 Å². The summed E-state index contributed by atoms with van der Waals surface area (Å²) in [4.78, 5) is 22.8. The fourth-order valence-electron chi connectivity index (χ4n) is 3.35. The van der Waals surface area contributed by atoms with E-state index in [0.29, 0.717) is 36.3 Å². The highest BCUT2D eigenvalue weighted by molar-refractivity contribution is 5.93. The summed E-state index contributed by atoms with van der Waals surface area (Å²) in [6.45, 7) is 4.67. The number of nitrogens with one attached hydrogen (secondary N) is 1. The van der Waals surface area contributed by atoms with Gasteiger partial charge in [-0.05, 0) is 30.7 Å². The average Bonchev–Trinajstić information content (AvgIpc) is 2.69. The highest BCUT2D eigenvalue weighted by atomic mass is 19.3. The maximum atomic E-state index is 12.9. The molecule has 154 valence electrons. The Morgan fingerprint density at radius 3 is 2.55 bits per heavy atom. The van der Waals surface area contributed by atoms with E-state index in [0.717, 1.165) is 18.7 Å². The summed E-state index contributed by atoms with van der Waals surface area (Å²) in [5.41, 5.74) is 1.34. The molecule has 0 unspecified atom stereocenters.